The third kappa shape index (κ3) is 2.63. The minimum Gasteiger partial charge on any atom is -0.399 e. The van der Waals surface area contributed by atoms with Crippen molar-refractivity contribution in [3.63, 3.8) is 0 Å². The van der Waals surface area contributed by atoms with Crippen LogP contribution in [0, 0.1) is 10.1 Å². The lowest BCUT2D eigenvalue weighted by Crippen LogP contribution is -1.95. The zero-order chi connectivity index (χ0) is 10.7. The van der Waals surface area contributed by atoms with E-state index in [-0.39, 0.29) is 10.6 Å². The number of nitro benzene ring substituents is 1. The van der Waals surface area contributed by atoms with Crippen molar-refractivity contribution in [2.45, 2.75) is 24.0 Å². The summed E-state index contributed by atoms with van der Waals surface area (Å²) in [6.07, 6.45) is 0. The van der Waals surface area contributed by atoms with E-state index in [0.29, 0.717) is 15.8 Å². The molecule has 0 aromatic heterocycles. The number of nitrogen functional groups attached to an aromatic ring is 1. The Bertz CT molecular complexity index is 353. The maximum absolute atomic E-state index is 10.7. The second-order valence-corrected chi connectivity index (χ2v) is 4.77. The van der Waals surface area contributed by atoms with Crippen molar-refractivity contribution in [3.05, 3.63) is 28.3 Å². The van der Waals surface area contributed by atoms with E-state index in [9.17, 15) is 10.1 Å². The summed E-state index contributed by atoms with van der Waals surface area (Å²) in [5.74, 6) is 0. The van der Waals surface area contributed by atoms with Gasteiger partial charge in [0, 0.05) is 17.0 Å². The van der Waals surface area contributed by atoms with E-state index in [2.05, 4.69) is 0 Å². The van der Waals surface area contributed by atoms with Crippen molar-refractivity contribution < 1.29 is 4.92 Å². The molecule has 0 aliphatic carbocycles. The van der Waals surface area contributed by atoms with Crippen LogP contribution in [0.3, 0.4) is 0 Å². The number of nitro groups is 1. The molecule has 2 N–H and O–H groups in total. The van der Waals surface area contributed by atoms with Crippen LogP contribution in [0.2, 0.25) is 0 Å². The van der Waals surface area contributed by atoms with Gasteiger partial charge in [-0.25, -0.2) is 0 Å². The average Bonchev–Trinajstić information content (AvgIpc) is 2.01. The summed E-state index contributed by atoms with van der Waals surface area (Å²) in [5, 5.41) is 11.0. The summed E-state index contributed by atoms with van der Waals surface area (Å²) in [6.45, 7) is 3.97. The minimum atomic E-state index is -0.385. The maximum Gasteiger partial charge on any atom is 0.283 e. The summed E-state index contributed by atoms with van der Waals surface area (Å²) < 4.78 is 0. The van der Waals surface area contributed by atoms with Gasteiger partial charge in [0.15, 0.2) is 0 Å². The number of hydrogen-bond acceptors (Lipinski definition) is 4. The molecule has 0 unspecified atom stereocenters. The number of nitrogens with zero attached hydrogens (tertiary/aromatic N) is 1. The number of benzene rings is 1. The molecule has 0 radical (unpaired) electrons. The first-order chi connectivity index (χ1) is 6.50. The van der Waals surface area contributed by atoms with Crippen molar-refractivity contribution in [1.29, 1.82) is 0 Å². The summed E-state index contributed by atoms with van der Waals surface area (Å²) in [7, 11) is 0. The molecular weight excluding hydrogens is 200 g/mol. The Morgan fingerprint density at radius 1 is 1.50 bits per heavy atom. The highest BCUT2D eigenvalue weighted by atomic mass is 32.2. The molecule has 0 heterocycles. The minimum absolute atomic E-state index is 0.123. The monoisotopic (exact) mass is 212 g/mol. The molecule has 76 valence electrons. The van der Waals surface area contributed by atoms with Crippen LogP contribution in [0.1, 0.15) is 13.8 Å². The molecule has 0 aliphatic rings. The second kappa shape index (κ2) is 4.32. The Morgan fingerprint density at radius 2 is 2.14 bits per heavy atom. The van der Waals surface area contributed by atoms with Crippen molar-refractivity contribution in [2.24, 2.45) is 0 Å². The number of anilines is 1. The van der Waals surface area contributed by atoms with Gasteiger partial charge in [-0.15, -0.1) is 11.8 Å². The van der Waals surface area contributed by atoms with E-state index in [1.807, 2.05) is 13.8 Å². The Kier molecular flexibility index (Phi) is 3.35. The maximum atomic E-state index is 10.7. The van der Waals surface area contributed by atoms with Gasteiger partial charge in [0.25, 0.3) is 5.69 Å². The summed E-state index contributed by atoms with van der Waals surface area (Å²) >= 11 is 1.45. The molecule has 1 aromatic rings. The van der Waals surface area contributed by atoms with E-state index in [1.54, 1.807) is 12.1 Å². The highest BCUT2D eigenvalue weighted by Crippen LogP contribution is 2.33. The quantitative estimate of drug-likeness (QED) is 0.362. The largest absolute Gasteiger partial charge is 0.399 e. The summed E-state index contributed by atoms with van der Waals surface area (Å²) in [4.78, 5) is 10.9. The van der Waals surface area contributed by atoms with Crippen LogP contribution < -0.4 is 5.73 Å². The number of rotatable bonds is 3. The van der Waals surface area contributed by atoms with Crippen LogP contribution >= 0.6 is 11.8 Å². The molecule has 0 amide bonds. The molecule has 0 fully saturated rings. The van der Waals surface area contributed by atoms with E-state index >= 15 is 0 Å². The van der Waals surface area contributed by atoms with Crippen LogP contribution in [0.15, 0.2) is 23.1 Å². The molecule has 4 nitrogen and oxygen atoms in total. The predicted octanol–water partition coefficient (Wildman–Crippen LogP) is 2.68. The van der Waals surface area contributed by atoms with E-state index < -0.39 is 0 Å². The van der Waals surface area contributed by atoms with E-state index in [4.69, 9.17) is 5.73 Å². The van der Waals surface area contributed by atoms with Crippen LogP contribution in [0.5, 0.6) is 0 Å². The molecular formula is C9H12N2O2S. The van der Waals surface area contributed by atoms with Crippen molar-refractivity contribution >= 4 is 23.1 Å². The molecule has 1 aromatic carbocycles. The first-order valence-corrected chi connectivity index (χ1v) is 5.09. The fraction of sp³-hybridized carbons (Fsp3) is 0.333. The molecule has 0 saturated carbocycles. The van der Waals surface area contributed by atoms with Crippen LogP contribution in [0.25, 0.3) is 0 Å². The molecule has 1 rings (SSSR count). The van der Waals surface area contributed by atoms with E-state index in [0.717, 1.165) is 0 Å². The summed E-state index contributed by atoms with van der Waals surface area (Å²) in [5.41, 5.74) is 6.24. The predicted molar refractivity (Wildman–Crippen MR) is 58.5 cm³/mol. The van der Waals surface area contributed by atoms with Gasteiger partial charge in [0.1, 0.15) is 0 Å². The Balaban J connectivity index is 3.09. The number of nitrogens with two attached hydrogens (primary N) is 1. The lowest BCUT2D eigenvalue weighted by atomic mass is 10.3. The Morgan fingerprint density at radius 3 is 2.64 bits per heavy atom. The topological polar surface area (TPSA) is 69.2 Å². The van der Waals surface area contributed by atoms with Gasteiger partial charge in [-0.2, -0.15) is 0 Å². The van der Waals surface area contributed by atoms with Crippen molar-refractivity contribution in [2.75, 3.05) is 5.73 Å². The molecule has 0 saturated heterocycles. The van der Waals surface area contributed by atoms with Gasteiger partial charge in [0.05, 0.1) is 9.82 Å². The van der Waals surface area contributed by atoms with Crippen LogP contribution in [-0.4, -0.2) is 10.2 Å². The van der Waals surface area contributed by atoms with Gasteiger partial charge < -0.3 is 5.73 Å². The van der Waals surface area contributed by atoms with Gasteiger partial charge in [-0.1, -0.05) is 13.8 Å². The standard InChI is InChI=1S/C9H12N2O2S/c1-6(2)14-9-5-7(10)3-4-8(9)11(12)13/h3-6H,10H2,1-2H3. The van der Waals surface area contributed by atoms with Crippen molar-refractivity contribution in [3.8, 4) is 0 Å². The zero-order valence-electron chi connectivity index (χ0n) is 8.06. The lowest BCUT2D eigenvalue weighted by molar-refractivity contribution is -0.387. The third-order valence-electron chi connectivity index (χ3n) is 1.54. The van der Waals surface area contributed by atoms with Gasteiger partial charge in [0.2, 0.25) is 0 Å². The molecule has 0 bridgehead atoms. The number of thioether (sulfide) groups is 1. The Labute approximate surface area is 86.6 Å². The molecule has 0 aliphatic heterocycles. The third-order valence-corrected chi connectivity index (χ3v) is 2.60. The van der Waals surface area contributed by atoms with Gasteiger partial charge in [-0.05, 0) is 12.1 Å². The lowest BCUT2D eigenvalue weighted by Gasteiger charge is -2.06. The Hall–Kier alpha value is -1.23. The molecule has 14 heavy (non-hydrogen) atoms. The van der Waals surface area contributed by atoms with E-state index in [1.165, 1.54) is 17.8 Å². The first-order valence-electron chi connectivity index (χ1n) is 4.21. The fourth-order valence-electron chi connectivity index (χ4n) is 1.03. The molecule has 0 spiro atoms. The molecule has 0 atom stereocenters. The fourth-order valence-corrected chi connectivity index (χ4v) is 2.01. The molecule has 5 heteroatoms. The van der Waals surface area contributed by atoms with Gasteiger partial charge in [-0.3, -0.25) is 10.1 Å². The zero-order valence-corrected chi connectivity index (χ0v) is 8.88. The SMILES string of the molecule is CC(C)Sc1cc(N)ccc1[N+](=O)[O-]. The normalized spacial score (nSPS) is 10.5. The smallest absolute Gasteiger partial charge is 0.283 e. The van der Waals surface area contributed by atoms with Crippen LogP contribution in [-0.2, 0) is 0 Å². The van der Waals surface area contributed by atoms with Gasteiger partial charge >= 0.3 is 0 Å². The highest BCUT2D eigenvalue weighted by molar-refractivity contribution is 8.00. The highest BCUT2D eigenvalue weighted by Gasteiger charge is 2.14. The first kappa shape index (κ1) is 10.8. The summed E-state index contributed by atoms with van der Waals surface area (Å²) in [6, 6.07) is 4.63. The second-order valence-electron chi connectivity index (χ2n) is 3.15. The average molecular weight is 212 g/mol. The van der Waals surface area contributed by atoms with Crippen molar-refractivity contribution in [1.82, 2.24) is 0 Å². The van der Waals surface area contributed by atoms with Crippen LogP contribution in [0.4, 0.5) is 11.4 Å². The number of hydrogen-bond donors (Lipinski definition) is 1.